The van der Waals surface area contributed by atoms with Crippen molar-refractivity contribution >= 4 is 11.5 Å². The summed E-state index contributed by atoms with van der Waals surface area (Å²) in [6.45, 7) is 3.72. The van der Waals surface area contributed by atoms with Crippen molar-refractivity contribution in [1.29, 1.82) is 0 Å². The first-order valence-electron chi connectivity index (χ1n) is 5.51. The predicted octanol–water partition coefficient (Wildman–Crippen LogP) is 2.98. The van der Waals surface area contributed by atoms with E-state index in [4.69, 9.17) is 4.74 Å². The summed E-state index contributed by atoms with van der Waals surface area (Å²) in [7, 11) is 1.43. The maximum atomic E-state index is 13.3. The Labute approximate surface area is 105 Å². The molecule has 0 aliphatic rings. The van der Waals surface area contributed by atoms with Crippen LogP contribution in [0.15, 0.2) is 24.3 Å². The highest BCUT2D eigenvalue weighted by Gasteiger charge is 2.05. The fraction of sp³-hybridized carbons (Fsp3) is 0.231. The third kappa shape index (κ3) is 2.74. The lowest BCUT2D eigenvalue weighted by atomic mass is 10.3. The van der Waals surface area contributed by atoms with Gasteiger partial charge in [0.1, 0.15) is 11.6 Å². The number of nitrogens with one attached hydrogen (secondary N) is 1. The highest BCUT2D eigenvalue weighted by molar-refractivity contribution is 5.58. The molecule has 18 heavy (non-hydrogen) atoms. The smallest absolute Gasteiger partial charge is 0.165 e. The van der Waals surface area contributed by atoms with E-state index in [-0.39, 0.29) is 5.75 Å². The number of ether oxygens (including phenoxy) is 1. The number of anilines is 2. The van der Waals surface area contributed by atoms with Crippen molar-refractivity contribution in [2.24, 2.45) is 0 Å². The summed E-state index contributed by atoms with van der Waals surface area (Å²) < 4.78 is 18.2. The molecule has 0 aliphatic carbocycles. The first-order valence-corrected chi connectivity index (χ1v) is 5.51. The number of methoxy groups -OCH3 is 1. The molecule has 0 saturated carbocycles. The molecule has 0 unspecified atom stereocenters. The first-order chi connectivity index (χ1) is 8.58. The van der Waals surface area contributed by atoms with Crippen molar-refractivity contribution in [3.05, 3.63) is 41.6 Å². The Kier molecular flexibility index (Phi) is 3.41. The fourth-order valence-electron chi connectivity index (χ4n) is 1.67. The lowest BCUT2D eigenvalue weighted by molar-refractivity contribution is 0.387. The second-order valence-corrected chi connectivity index (χ2v) is 3.92. The van der Waals surface area contributed by atoms with Gasteiger partial charge < -0.3 is 10.1 Å². The summed E-state index contributed by atoms with van der Waals surface area (Å²) >= 11 is 0. The number of aromatic nitrogens is 2. The summed E-state index contributed by atoms with van der Waals surface area (Å²) in [6, 6.07) is 6.39. The number of nitrogens with zero attached hydrogens (tertiary/aromatic N) is 2. The Morgan fingerprint density at radius 3 is 2.61 bits per heavy atom. The number of hydrogen-bond acceptors (Lipinski definition) is 4. The average Bonchev–Trinajstić information content (AvgIpc) is 2.30. The van der Waals surface area contributed by atoms with Gasteiger partial charge in [-0.05, 0) is 26.0 Å². The molecule has 2 rings (SSSR count). The number of halogens is 1. The molecule has 0 fully saturated rings. The van der Waals surface area contributed by atoms with Crippen molar-refractivity contribution in [2.45, 2.75) is 13.8 Å². The molecule has 1 aromatic carbocycles. The quantitative estimate of drug-likeness (QED) is 0.905. The second kappa shape index (κ2) is 5.00. The molecule has 2 aromatic rings. The van der Waals surface area contributed by atoms with Crippen LogP contribution in [-0.4, -0.2) is 17.1 Å². The van der Waals surface area contributed by atoms with Crippen LogP contribution in [-0.2, 0) is 0 Å². The van der Waals surface area contributed by atoms with Crippen LogP contribution in [0.3, 0.4) is 0 Å². The van der Waals surface area contributed by atoms with Gasteiger partial charge in [0.2, 0.25) is 0 Å². The molecule has 0 spiro atoms. The van der Waals surface area contributed by atoms with E-state index < -0.39 is 5.82 Å². The molecule has 0 radical (unpaired) electrons. The van der Waals surface area contributed by atoms with Crippen molar-refractivity contribution in [3.63, 3.8) is 0 Å². The lowest BCUT2D eigenvalue weighted by Crippen LogP contribution is -1.99. The molecule has 0 atom stereocenters. The van der Waals surface area contributed by atoms with E-state index >= 15 is 0 Å². The van der Waals surface area contributed by atoms with Crippen LogP contribution in [0.1, 0.15) is 11.5 Å². The number of hydrogen-bond donors (Lipinski definition) is 1. The van der Waals surface area contributed by atoms with Crippen LogP contribution in [0, 0.1) is 19.7 Å². The minimum atomic E-state index is -0.391. The zero-order chi connectivity index (χ0) is 13.1. The second-order valence-electron chi connectivity index (χ2n) is 3.92. The molecule has 94 valence electrons. The molecule has 5 heteroatoms. The van der Waals surface area contributed by atoms with E-state index in [0.717, 1.165) is 5.69 Å². The molecule has 0 bridgehead atoms. The summed E-state index contributed by atoms with van der Waals surface area (Å²) in [4.78, 5) is 8.44. The molecule has 1 N–H and O–H groups in total. The maximum Gasteiger partial charge on any atom is 0.165 e. The Hall–Kier alpha value is -2.17. The third-order valence-corrected chi connectivity index (χ3v) is 2.39. The zero-order valence-electron chi connectivity index (χ0n) is 10.5. The number of rotatable bonds is 3. The predicted molar refractivity (Wildman–Crippen MR) is 67.7 cm³/mol. The van der Waals surface area contributed by atoms with E-state index in [0.29, 0.717) is 17.3 Å². The van der Waals surface area contributed by atoms with Crippen LogP contribution in [0.2, 0.25) is 0 Å². The van der Waals surface area contributed by atoms with E-state index in [1.165, 1.54) is 13.2 Å². The number of aryl methyl sites for hydroxylation is 2. The van der Waals surface area contributed by atoms with Gasteiger partial charge in [0.15, 0.2) is 11.6 Å². The van der Waals surface area contributed by atoms with Crippen LogP contribution in [0.25, 0.3) is 0 Å². The van der Waals surface area contributed by atoms with Crippen molar-refractivity contribution < 1.29 is 9.13 Å². The van der Waals surface area contributed by atoms with Crippen molar-refractivity contribution in [3.8, 4) is 5.75 Å². The summed E-state index contributed by atoms with van der Waals surface area (Å²) in [5.74, 6) is 1.17. The van der Waals surface area contributed by atoms with Gasteiger partial charge in [-0.1, -0.05) is 0 Å². The van der Waals surface area contributed by atoms with E-state index in [1.54, 1.807) is 12.1 Å². The maximum absolute atomic E-state index is 13.3. The Balaban J connectivity index is 2.28. The third-order valence-electron chi connectivity index (χ3n) is 2.39. The van der Waals surface area contributed by atoms with Crippen LogP contribution in [0.5, 0.6) is 5.75 Å². The molecule has 0 saturated heterocycles. The van der Waals surface area contributed by atoms with Crippen LogP contribution in [0.4, 0.5) is 15.9 Å². The van der Waals surface area contributed by atoms with Gasteiger partial charge in [0, 0.05) is 23.5 Å². The summed E-state index contributed by atoms with van der Waals surface area (Å²) in [5.41, 5.74) is 1.59. The summed E-state index contributed by atoms with van der Waals surface area (Å²) in [6.07, 6.45) is 0. The van der Waals surface area contributed by atoms with Crippen LogP contribution >= 0.6 is 0 Å². The van der Waals surface area contributed by atoms with Crippen molar-refractivity contribution in [1.82, 2.24) is 9.97 Å². The summed E-state index contributed by atoms with van der Waals surface area (Å²) in [5, 5.41) is 3.09. The van der Waals surface area contributed by atoms with E-state index in [9.17, 15) is 4.39 Å². The van der Waals surface area contributed by atoms with Crippen molar-refractivity contribution in [2.75, 3.05) is 12.4 Å². The molecule has 1 heterocycles. The van der Waals surface area contributed by atoms with Gasteiger partial charge in [-0.2, -0.15) is 0 Å². The number of benzene rings is 1. The first kappa shape index (κ1) is 12.3. The molecule has 1 aromatic heterocycles. The van der Waals surface area contributed by atoms with Gasteiger partial charge >= 0.3 is 0 Å². The lowest BCUT2D eigenvalue weighted by Gasteiger charge is -2.09. The molecule has 0 amide bonds. The minimum Gasteiger partial charge on any atom is -0.494 e. The van der Waals surface area contributed by atoms with E-state index in [1.807, 2.05) is 19.9 Å². The fourth-order valence-corrected chi connectivity index (χ4v) is 1.67. The Morgan fingerprint density at radius 2 is 1.94 bits per heavy atom. The Morgan fingerprint density at radius 1 is 1.17 bits per heavy atom. The van der Waals surface area contributed by atoms with E-state index in [2.05, 4.69) is 15.3 Å². The van der Waals surface area contributed by atoms with Gasteiger partial charge in [0.05, 0.1) is 7.11 Å². The van der Waals surface area contributed by atoms with Crippen LogP contribution < -0.4 is 10.1 Å². The SMILES string of the molecule is COc1cc(Nc2cc(C)nc(C)n2)ccc1F. The molecular formula is C13H14FN3O. The Bertz CT molecular complexity index is 552. The highest BCUT2D eigenvalue weighted by atomic mass is 19.1. The minimum absolute atomic E-state index is 0.197. The molecule has 4 nitrogen and oxygen atoms in total. The highest BCUT2D eigenvalue weighted by Crippen LogP contribution is 2.23. The van der Waals surface area contributed by atoms with Gasteiger partial charge in [-0.25, -0.2) is 14.4 Å². The van der Waals surface area contributed by atoms with Gasteiger partial charge in [0.25, 0.3) is 0 Å². The topological polar surface area (TPSA) is 47.0 Å². The normalized spacial score (nSPS) is 10.2. The average molecular weight is 247 g/mol. The van der Waals surface area contributed by atoms with Gasteiger partial charge in [-0.15, -0.1) is 0 Å². The standard InChI is InChI=1S/C13H14FN3O/c1-8-6-13(16-9(2)15-8)17-10-4-5-11(14)12(7-10)18-3/h4-7H,1-3H3,(H,15,16,17). The zero-order valence-corrected chi connectivity index (χ0v) is 10.5. The van der Waals surface area contributed by atoms with Gasteiger partial charge in [-0.3, -0.25) is 0 Å². The monoisotopic (exact) mass is 247 g/mol. The molecular weight excluding hydrogens is 233 g/mol. The largest absolute Gasteiger partial charge is 0.494 e. The molecule has 0 aliphatic heterocycles.